The maximum atomic E-state index is 11.5. The lowest BCUT2D eigenvalue weighted by atomic mass is 9.96. The number of hydrogen-bond donors (Lipinski definition) is 1. The normalized spacial score (nSPS) is 19.3. The Bertz CT molecular complexity index is 220. The molecule has 0 aromatic rings. The molecule has 1 N–H and O–H groups in total. The van der Waals surface area contributed by atoms with Crippen LogP contribution in [0.4, 0.5) is 0 Å². The number of nitrogens with zero attached hydrogens (tertiary/aromatic N) is 1. The standard InChI is InChI=1S/C10H18N2O2/c1-3-9(13)11-10(14)8-4-6-12(2)7-5-8/h8H,3-7H2,1-2H3,(H,11,13,14). The summed E-state index contributed by atoms with van der Waals surface area (Å²) in [6.45, 7) is 3.63. The molecule has 1 aliphatic heterocycles. The quantitative estimate of drug-likeness (QED) is 0.698. The second-order valence-electron chi connectivity index (χ2n) is 3.84. The first kappa shape index (κ1) is 11.2. The van der Waals surface area contributed by atoms with Gasteiger partial charge in [-0.15, -0.1) is 0 Å². The van der Waals surface area contributed by atoms with Crippen molar-refractivity contribution < 1.29 is 9.59 Å². The van der Waals surface area contributed by atoms with Crippen molar-refractivity contribution in [2.75, 3.05) is 20.1 Å². The van der Waals surface area contributed by atoms with Gasteiger partial charge in [0, 0.05) is 12.3 Å². The molecule has 2 amide bonds. The van der Waals surface area contributed by atoms with Crippen LogP contribution in [0.3, 0.4) is 0 Å². The molecular formula is C10H18N2O2. The molecule has 1 saturated heterocycles. The van der Waals surface area contributed by atoms with Crippen LogP contribution in [0.5, 0.6) is 0 Å². The number of hydrogen-bond acceptors (Lipinski definition) is 3. The van der Waals surface area contributed by atoms with Gasteiger partial charge >= 0.3 is 0 Å². The Hall–Kier alpha value is -0.900. The molecule has 0 aromatic heterocycles. The van der Waals surface area contributed by atoms with Gasteiger partial charge in [-0.05, 0) is 33.0 Å². The molecule has 0 spiro atoms. The Balaban J connectivity index is 2.34. The second kappa shape index (κ2) is 5.10. The van der Waals surface area contributed by atoms with Crippen molar-refractivity contribution in [1.82, 2.24) is 10.2 Å². The lowest BCUT2D eigenvalue weighted by Gasteiger charge is -2.27. The zero-order valence-electron chi connectivity index (χ0n) is 8.88. The third-order valence-electron chi connectivity index (χ3n) is 2.67. The highest BCUT2D eigenvalue weighted by molar-refractivity contribution is 5.96. The van der Waals surface area contributed by atoms with Gasteiger partial charge in [0.15, 0.2) is 0 Å². The summed E-state index contributed by atoms with van der Waals surface area (Å²) in [4.78, 5) is 24.7. The summed E-state index contributed by atoms with van der Waals surface area (Å²) in [7, 11) is 2.05. The highest BCUT2D eigenvalue weighted by Gasteiger charge is 2.23. The molecule has 0 aromatic carbocycles. The van der Waals surface area contributed by atoms with Crippen molar-refractivity contribution in [3.05, 3.63) is 0 Å². The molecule has 0 aliphatic carbocycles. The fraction of sp³-hybridized carbons (Fsp3) is 0.800. The Morgan fingerprint density at radius 2 is 1.93 bits per heavy atom. The van der Waals surface area contributed by atoms with E-state index in [-0.39, 0.29) is 17.7 Å². The van der Waals surface area contributed by atoms with E-state index in [1.807, 2.05) is 7.05 Å². The number of amides is 2. The number of imide groups is 1. The van der Waals surface area contributed by atoms with Crippen LogP contribution in [0.25, 0.3) is 0 Å². The monoisotopic (exact) mass is 198 g/mol. The molecule has 0 saturated carbocycles. The topological polar surface area (TPSA) is 49.4 Å². The minimum Gasteiger partial charge on any atom is -0.306 e. The molecule has 1 fully saturated rings. The fourth-order valence-corrected chi connectivity index (χ4v) is 1.60. The van der Waals surface area contributed by atoms with E-state index in [0.717, 1.165) is 25.9 Å². The molecule has 0 bridgehead atoms. The zero-order valence-corrected chi connectivity index (χ0v) is 8.88. The number of rotatable bonds is 2. The first-order chi connectivity index (χ1) is 6.63. The predicted molar refractivity (Wildman–Crippen MR) is 53.7 cm³/mol. The molecule has 0 atom stereocenters. The van der Waals surface area contributed by atoms with Gasteiger partial charge in [-0.25, -0.2) is 0 Å². The Morgan fingerprint density at radius 1 is 1.36 bits per heavy atom. The summed E-state index contributed by atoms with van der Waals surface area (Å²) in [5.41, 5.74) is 0. The van der Waals surface area contributed by atoms with E-state index in [0.29, 0.717) is 6.42 Å². The van der Waals surface area contributed by atoms with Gasteiger partial charge in [0.1, 0.15) is 0 Å². The summed E-state index contributed by atoms with van der Waals surface area (Å²) in [6.07, 6.45) is 2.09. The van der Waals surface area contributed by atoms with Gasteiger partial charge in [0.25, 0.3) is 0 Å². The average molecular weight is 198 g/mol. The number of carbonyl (C=O) groups is 2. The number of carbonyl (C=O) groups excluding carboxylic acids is 2. The number of likely N-dealkylation sites (tertiary alicyclic amines) is 1. The minimum absolute atomic E-state index is 0.0294. The highest BCUT2D eigenvalue weighted by Crippen LogP contribution is 2.15. The van der Waals surface area contributed by atoms with E-state index in [1.54, 1.807) is 6.92 Å². The van der Waals surface area contributed by atoms with E-state index in [4.69, 9.17) is 0 Å². The van der Waals surface area contributed by atoms with Crippen molar-refractivity contribution in [2.24, 2.45) is 5.92 Å². The van der Waals surface area contributed by atoms with Gasteiger partial charge < -0.3 is 4.90 Å². The van der Waals surface area contributed by atoms with Gasteiger partial charge in [0.2, 0.25) is 11.8 Å². The Labute approximate surface area is 84.7 Å². The van der Waals surface area contributed by atoms with Crippen molar-refractivity contribution in [2.45, 2.75) is 26.2 Å². The van der Waals surface area contributed by atoms with Crippen LogP contribution < -0.4 is 5.32 Å². The number of nitrogens with one attached hydrogen (secondary N) is 1. The van der Waals surface area contributed by atoms with Crippen LogP contribution in [-0.2, 0) is 9.59 Å². The molecule has 4 heteroatoms. The zero-order chi connectivity index (χ0) is 10.6. The van der Waals surface area contributed by atoms with Crippen molar-refractivity contribution >= 4 is 11.8 Å². The number of piperidine rings is 1. The van der Waals surface area contributed by atoms with Crippen molar-refractivity contribution in [3.8, 4) is 0 Å². The molecule has 14 heavy (non-hydrogen) atoms. The molecule has 0 radical (unpaired) electrons. The summed E-state index contributed by atoms with van der Waals surface area (Å²) in [6, 6.07) is 0. The van der Waals surface area contributed by atoms with Crippen LogP contribution in [0.15, 0.2) is 0 Å². The molecular weight excluding hydrogens is 180 g/mol. The molecule has 1 rings (SSSR count). The summed E-state index contributed by atoms with van der Waals surface area (Å²) in [5.74, 6) is -0.236. The van der Waals surface area contributed by atoms with E-state index in [9.17, 15) is 9.59 Å². The molecule has 4 nitrogen and oxygen atoms in total. The summed E-state index contributed by atoms with van der Waals surface area (Å²) in [5, 5.41) is 2.42. The maximum absolute atomic E-state index is 11.5. The Kier molecular flexibility index (Phi) is 4.07. The predicted octanol–water partition coefficient (Wildman–Crippen LogP) is 0.381. The largest absolute Gasteiger partial charge is 0.306 e. The average Bonchev–Trinajstić information content (AvgIpc) is 2.18. The van der Waals surface area contributed by atoms with Gasteiger partial charge in [-0.3, -0.25) is 14.9 Å². The van der Waals surface area contributed by atoms with E-state index in [1.165, 1.54) is 0 Å². The lowest BCUT2D eigenvalue weighted by Crippen LogP contribution is -2.41. The SMILES string of the molecule is CCC(=O)NC(=O)C1CCN(C)CC1. The Morgan fingerprint density at radius 3 is 2.43 bits per heavy atom. The lowest BCUT2D eigenvalue weighted by molar-refractivity contribution is -0.133. The molecule has 80 valence electrons. The summed E-state index contributed by atoms with van der Waals surface area (Å²) < 4.78 is 0. The van der Waals surface area contributed by atoms with E-state index >= 15 is 0 Å². The van der Waals surface area contributed by atoms with Gasteiger partial charge in [-0.2, -0.15) is 0 Å². The summed E-state index contributed by atoms with van der Waals surface area (Å²) >= 11 is 0. The van der Waals surface area contributed by atoms with Gasteiger partial charge in [0.05, 0.1) is 0 Å². The maximum Gasteiger partial charge on any atom is 0.229 e. The first-order valence-corrected chi connectivity index (χ1v) is 5.15. The minimum atomic E-state index is -0.172. The van der Waals surface area contributed by atoms with E-state index < -0.39 is 0 Å². The van der Waals surface area contributed by atoms with Crippen LogP contribution in [0, 0.1) is 5.92 Å². The van der Waals surface area contributed by atoms with Crippen molar-refractivity contribution in [3.63, 3.8) is 0 Å². The van der Waals surface area contributed by atoms with Gasteiger partial charge in [-0.1, -0.05) is 6.92 Å². The smallest absolute Gasteiger partial charge is 0.229 e. The molecule has 0 unspecified atom stereocenters. The van der Waals surface area contributed by atoms with Crippen LogP contribution in [-0.4, -0.2) is 36.9 Å². The molecule has 1 heterocycles. The van der Waals surface area contributed by atoms with Crippen LogP contribution >= 0.6 is 0 Å². The van der Waals surface area contributed by atoms with E-state index in [2.05, 4.69) is 10.2 Å². The second-order valence-corrected chi connectivity index (χ2v) is 3.84. The first-order valence-electron chi connectivity index (χ1n) is 5.15. The third-order valence-corrected chi connectivity index (χ3v) is 2.67. The third kappa shape index (κ3) is 3.10. The molecule has 1 aliphatic rings. The van der Waals surface area contributed by atoms with Crippen LogP contribution in [0.2, 0.25) is 0 Å². The highest BCUT2D eigenvalue weighted by atomic mass is 16.2. The van der Waals surface area contributed by atoms with Crippen LogP contribution in [0.1, 0.15) is 26.2 Å². The van der Waals surface area contributed by atoms with Crippen molar-refractivity contribution in [1.29, 1.82) is 0 Å². The fourth-order valence-electron chi connectivity index (χ4n) is 1.60.